The van der Waals surface area contributed by atoms with Crippen molar-refractivity contribution in [2.24, 2.45) is 0 Å². The van der Waals surface area contributed by atoms with E-state index in [-0.39, 0.29) is 6.10 Å². The van der Waals surface area contributed by atoms with Gasteiger partial charge in [-0.1, -0.05) is 17.7 Å². The summed E-state index contributed by atoms with van der Waals surface area (Å²) in [4.78, 5) is 2.26. The predicted molar refractivity (Wildman–Crippen MR) is 58.8 cm³/mol. The van der Waals surface area contributed by atoms with Crippen LogP contribution in [0.25, 0.3) is 0 Å². The third kappa shape index (κ3) is 1.75. The van der Waals surface area contributed by atoms with E-state index in [0.29, 0.717) is 0 Å². The third-order valence-corrected chi connectivity index (χ3v) is 2.86. The van der Waals surface area contributed by atoms with E-state index >= 15 is 0 Å². The molecule has 1 heterocycles. The standard InChI is InChI=1S/C12H17NO/c1-9-3-4-12(10(2)7-9)13-6-5-11(14)8-13/h3-4,7,11,14H,5-6,8H2,1-2H3/t11-/m1/s1. The van der Waals surface area contributed by atoms with Crippen LogP contribution >= 0.6 is 0 Å². The number of benzene rings is 1. The summed E-state index contributed by atoms with van der Waals surface area (Å²) in [6, 6.07) is 6.48. The minimum Gasteiger partial charge on any atom is -0.391 e. The summed E-state index contributed by atoms with van der Waals surface area (Å²) in [7, 11) is 0. The number of anilines is 1. The first-order chi connectivity index (χ1) is 6.66. The summed E-state index contributed by atoms with van der Waals surface area (Å²) in [6.07, 6.45) is 0.753. The van der Waals surface area contributed by atoms with Crippen molar-refractivity contribution in [1.82, 2.24) is 0 Å². The van der Waals surface area contributed by atoms with Crippen LogP contribution < -0.4 is 4.90 Å². The van der Waals surface area contributed by atoms with Gasteiger partial charge in [0, 0.05) is 18.8 Å². The molecule has 2 nitrogen and oxygen atoms in total. The van der Waals surface area contributed by atoms with Crippen LogP contribution in [0, 0.1) is 13.8 Å². The Kier molecular flexibility index (Phi) is 2.46. The Morgan fingerprint density at radius 3 is 2.71 bits per heavy atom. The molecule has 1 saturated heterocycles. The van der Waals surface area contributed by atoms with Gasteiger partial charge in [0.2, 0.25) is 0 Å². The molecule has 0 spiro atoms. The van der Waals surface area contributed by atoms with Crippen LogP contribution in [0.4, 0.5) is 5.69 Å². The van der Waals surface area contributed by atoms with Gasteiger partial charge in [-0.25, -0.2) is 0 Å². The molecule has 0 aliphatic carbocycles. The molecule has 0 radical (unpaired) electrons. The molecule has 1 aromatic rings. The quantitative estimate of drug-likeness (QED) is 0.732. The van der Waals surface area contributed by atoms with Crippen LogP contribution in [0.15, 0.2) is 18.2 Å². The Morgan fingerprint density at radius 2 is 2.14 bits per heavy atom. The molecule has 0 amide bonds. The van der Waals surface area contributed by atoms with E-state index < -0.39 is 0 Å². The van der Waals surface area contributed by atoms with E-state index in [9.17, 15) is 5.11 Å². The van der Waals surface area contributed by atoms with E-state index in [1.165, 1.54) is 16.8 Å². The van der Waals surface area contributed by atoms with Gasteiger partial charge in [0.15, 0.2) is 0 Å². The lowest BCUT2D eigenvalue weighted by Crippen LogP contribution is -2.21. The molecule has 1 N–H and O–H groups in total. The Balaban J connectivity index is 2.24. The van der Waals surface area contributed by atoms with Gasteiger partial charge in [-0.3, -0.25) is 0 Å². The van der Waals surface area contributed by atoms with Gasteiger partial charge in [-0.05, 0) is 31.9 Å². The first kappa shape index (κ1) is 9.53. The van der Waals surface area contributed by atoms with Gasteiger partial charge < -0.3 is 10.0 Å². The van der Waals surface area contributed by atoms with Crippen LogP contribution in [-0.2, 0) is 0 Å². The number of rotatable bonds is 1. The van der Waals surface area contributed by atoms with Crippen LogP contribution in [-0.4, -0.2) is 24.3 Å². The van der Waals surface area contributed by atoms with E-state index in [1.807, 2.05) is 0 Å². The Hall–Kier alpha value is -1.02. The second kappa shape index (κ2) is 3.62. The molecule has 0 bridgehead atoms. The molecule has 1 atom stereocenters. The summed E-state index contributed by atoms with van der Waals surface area (Å²) in [6.45, 7) is 6.00. The number of hydrogen-bond acceptors (Lipinski definition) is 2. The lowest BCUT2D eigenvalue weighted by atomic mass is 10.1. The summed E-state index contributed by atoms with van der Waals surface area (Å²) < 4.78 is 0. The van der Waals surface area contributed by atoms with Crippen molar-refractivity contribution in [3.05, 3.63) is 29.3 Å². The monoisotopic (exact) mass is 191 g/mol. The molecular weight excluding hydrogens is 174 g/mol. The van der Waals surface area contributed by atoms with Crippen molar-refractivity contribution in [2.45, 2.75) is 26.4 Å². The summed E-state index contributed by atoms with van der Waals surface area (Å²) in [5, 5.41) is 9.46. The third-order valence-electron chi connectivity index (χ3n) is 2.86. The maximum atomic E-state index is 9.46. The number of hydrogen-bond donors (Lipinski definition) is 1. The Bertz CT molecular complexity index is 335. The first-order valence-corrected chi connectivity index (χ1v) is 5.17. The molecule has 1 aromatic carbocycles. The molecule has 0 saturated carbocycles. The highest BCUT2D eigenvalue weighted by Gasteiger charge is 2.21. The van der Waals surface area contributed by atoms with Crippen molar-refractivity contribution in [3.63, 3.8) is 0 Å². The van der Waals surface area contributed by atoms with E-state index in [2.05, 4.69) is 36.9 Å². The zero-order chi connectivity index (χ0) is 10.1. The van der Waals surface area contributed by atoms with Gasteiger partial charge in [0.25, 0.3) is 0 Å². The molecule has 2 heteroatoms. The second-order valence-electron chi connectivity index (χ2n) is 4.18. The van der Waals surface area contributed by atoms with E-state index in [1.54, 1.807) is 0 Å². The Morgan fingerprint density at radius 1 is 1.36 bits per heavy atom. The highest BCUT2D eigenvalue weighted by atomic mass is 16.3. The molecule has 0 aromatic heterocycles. The van der Waals surface area contributed by atoms with Crippen molar-refractivity contribution in [1.29, 1.82) is 0 Å². The topological polar surface area (TPSA) is 23.5 Å². The van der Waals surface area contributed by atoms with Crippen LogP contribution in [0.3, 0.4) is 0 Å². The zero-order valence-corrected chi connectivity index (χ0v) is 8.83. The maximum Gasteiger partial charge on any atom is 0.0731 e. The van der Waals surface area contributed by atoms with Crippen LogP contribution in [0.1, 0.15) is 17.5 Å². The van der Waals surface area contributed by atoms with E-state index in [0.717, 1.165) is 19.5 Å². The molecule has 0 unspecified atom stereocenters. The van der Waals surface area contributed by atoms with Crippen molar-refractivity contribution in [3.8, 4) is 0 Å². The second-order valence-corrected chi connectivity index (χ2v) is 4.18. The summed E-state index contributed by atoms with van der Waals surface area (Å²) >= 11 is 0. The fraction of sp³-hybridized carbons (Fsp3) is 0.500. The average molecular weight is 191 g/mol. The number of β-amino-alcohol motifs (C(OH)–C–C–N with tert-alkyl or cyclic N) is 1. The van der Waals surface area contributed by atoms with Crippen molar-refractivity contribution < 1.29 is 5.11 Å². The van der Waals surface area contributed by atoms with Gasteiger partial charge in [-0.15, -0.1) is 0 Å². The van der Waals surface area contributed by atoms with Gasteiger partial charge in [0.05, 0.1) is 6.10 Å². The molecule has 1 fully saturated rings. The highest BCUT2D eigenvalue weighted by molar-refractivity contribution is 5.55. The Labute approximate surface area is 85.2 Å². The van der Waals surface area contributed by atoms with Gasteiger partial charge >= 0.3 is 0 Å². The lowest BCUT2D eigenvalue weighted by Gasteiger charge is -2.20. The minimum atomic E-state index is -0.143. The van der Waals surface area contributed by atoms with Crippen molar-refractivity contribution in [2.75, 3.05) is 18.0 Å². The highest BCUT2D eigenvalue weighted by Crippen LogP contribution is 2.24. The largest absolute Gasteiger partial charge is 0.391 e. The lowest BCUT2D eigenvalue weighted by molar-refractivity contribution is 0.198. The molecule has 76 valence electrons. The van der Waals surface area contributed by atoms with Crippen molar-refractivity contribution >= 4 is 5.69 Å². The van der Waals surface area contributed by atoms with E-state index in [4.69, 9.17) is 0 Å². The normalized spacial score (nSPS) is 21.6. The number of nitrogens with zero attached hydrogens (tertiary/aromatic N) is 1. The molecule has 14 heavy (non-hydrogen) atoms. The number of aliphatic hydroxyl groups excluding tert-OH is 1. The zero-order valence-electron chi connectivity index (χ0n) is 8.83. The first-order valence-electron chi connectivity index (χ1n) is 5.17. The molecule has 1 aliphatic heterocycles. The molecule has 2 rings (SSSR count). The van der Waals surface area contributed by atoms with Gasteiger partial charge in [-0.2, -0.15) is 0 Å². The van der Waals surface area contributed by atoms with Crippen LogP contribution in [0.2, 0.25) is 0 Å². The SMILES string of the molecule is Cc1ccc(N2CC[C@@H](O)C2)c(C)c1. The molecular formula is C12H17NO. The van der Waals surface area contributed by atoms with Crippen LogP contribution in [0.5, 0.6) is 0 Å². The number of aryl methyl sites for hydroxylation is 2. The average Bonchev–Trinajstić information content (AvgIpc) is 2.51. The summed E-state index contributed by atoms with van der Waals surface area (Å²) in [5.41, 5.74) is 3.87. The smallest absolute Gasteiger partial charge is 0.0731 e. The predicted octanol–water partition coefficient (Wildman–Crippen LogP) is 1.87. The number of aliphatic hydroxyl groups is 1. The maximum absolute atomic E-state index is 9.46. The fourth-order valence-electron chi connectivity index (χ4n) is 2.12. The minimum absolute atomic E-state index is 0.143. The summed E-state index contributed by atoms with van der Waals surface area (Å²) in [5.74, 6) is 0. The van der Waals surface area contributed by atoms with Gasteiger partial charge in [0.1, 0.15) is 0 Å². The molecule has 1 aliphatic rings. The fourth-order valence-corrected chi connectivity index (χ4v) is 2.12.